The van der Waals surface area contributed by atoms with Crippen LogP contribution in [0.25, 0.3) is 0 Å². The van der Waals surface area contributed by atoms with Gasteiger partial charge in [0, 0.05) is 25.0 Å². The minimum absolute atomic E-state index is 0.0696. The average molecular weight is 222 g/mol. The van der Waals surface area contributed by atoms with Crippen LogP contribution in [-0.4, -0.2) is 31.2 Å². The lowest BCUT2D eigenvalue weighted by Gasteiger charge is -2.13. The number of hydrogen-bond acceptors (Lipinski definition) is 3. The number of nitrogens with one attached hydrogen (secondary N) is 2. The van der Waals surface area contributed by atoms with Crippen LogP contribution < -0.4 is 5.32 Å². The molecule has 0 aliphatic heterocycles. The summed E-state index contributed by atoms with van der Waals surface area (Å²) in [7, 11) is 1.46. The Hall–Kier alpha value is -1.29. The molecule has 1 heterocycles. The topological polar surface area (TPSA) is 54.1 Å². The van der Waals surface area contributed by atoms with Gasteiger partial charge < -0.3 is 15.0 Å². The second-order valence-electron chi connectivity index (χ2n) is 4.39. The summed E-state index contributed by atoms with van der Waals surface area (Å²) in [6.07, 6.45) is 4.79. The monoisotopic (exact) mass is 222 g/mol. The molecule has 0 atom stereocenters. The van der Waals surface area contributed by atoms with Crippen LogP contribution in [0.3, 0.4) is 0 Å². The summed E-state index contributed by atoms with van der Waals surface area (Å²) in [5.74, 6) is -0.0696. The maximum atomic E-state index is 11.5. The van der Waals surface area contributed by atoms with E-state index in [2.05, 4.69) is 16.4 Å². The third-order valence-corrected chi connectivity index (χ3v) is 3.17. The van der Waals surface area contributed by atoms with Crippen molar-refractivity contribution in [3.8, 4) is 0 Å². The van der Waals surface area contributed by atoms with Crippen molar-refractivity contribution in [3.05, 3.63) is 24.0 Å². The van der Waals surface area contributed by atoms with Crippen molar-refractivity contribution in [1.29, 1.82) is 0 Å². The molecule has 2 rings (SSSR count). The zero-order chi connectivity index (χ0) is 11.4. The second kappa shape index (κ2) is 4.70. The zero-order valence-corrected chi connectivity index (χ0v) is 9.58. The molecular formula is C12H18N2O2. The first-order valence-electron chi connectivity index (χ1n) is 5.68. The highest BCUT2D eigenvalue weighted by molar-refractivity contribution is 5.80. The Kier molecular flexibility index (Phi) is 3.29. The van der Waals surface area contributed by atoms with Crippen LogP contribution in [0.2, 0.25) is 0 Å². The summed E-state index contributed by atoms with van der Waals surface area (Å²) < 4.78 is 4.80. The molecule has 0 unspecified atom stereocenters. The van der Waals surface area contributed by atoms with Crippen molar-refractivity contribution in [1.82, 2.24) is 10.3 Å². The highest BCUT2D eigenvalue weighted by Crippen LogP contribution is 2.45. The number of rotatable bonds is 6. The average Bonchev–Trinajstić information content (AvgIpc) is 2.92. The molecule has 1 aromatic rings. The van der Waals surface area contributed by atoms with Gasteiger partial charge in [-0.05, 0) is 31.4 Å². The normalized spacial score (nSPS) is 17.1. The van der Waals surface area contributed by atoms with E-state index < -0.39 is 0 Å². The van der Waals surface area contributed by atoms with Crippen LogP contribution in [0.5, 0.6) is 0 Å². The predicted molar refractivity (Wildman–Crippen MR) is 61.0 cm³/mol. The minimum atomic E-state index is -0.218. The van der Waals surface area contributed by atoms with Gasteiger partial charge in [-0.3, -0.25) is 4.79 Å². The van der Waals surface area contributed by atoms with Crippen molar-refractivity contribution >= 4 is 5.97 Å². The highest BCUT2D eigenvalue weighted by atomic mass is 16.5. The first-order valence-corrected chi connectivity index (χ1v) is 5.68. The number of aromatic amines is 1. The van der Waals surface area contributed by atoms with Gasteiger partial charge in [0.25, 0.3) is 0 Å². The third kappa shape index (κ3) is 2.44. The Labute approximate surface area is 95.4 Å². The molecule has 0 radical (unpaired) electrons. The molecule has 4 nitrogen and oxygen atoms in total. The van der Waals surface area contributed by atoms with E-state index >= 15 is 0 Å². The predicted octanol–water partition coefficient (Wildman–Crippen LogP) is 1.10. The molecule has 0 saturated heterocycles. The smallest absolute Gasteiger partial charge is 0.313 e. The number of hydrogen-bond donors (Lipinski definition) is 2. The van der Waals surface area contributed by atoms with Crippen LogP contribution in [0.4, 0.5) is 0 Å². The fraction of sp³-hybridized carbons (Fsp3) is 0.583. The molecule has 0 aromatic carbocycles. The SMILES string of the molecule is COC(=O)C1(CNCCc2ccc[nH]2)CC1. The molecule has 1 fully saturated rings. The van der Waals surface area contributed by atoms with Gasteiger partial charge in [-0.1, -0.05) is 0 Å². The Balaban J connectivity index is 1.67. The van der Waals surface area contributed by atoms with Gasteiger partial charge in [0.05, 0.1) is 12.5 Å². The fourth-order valence-electron chi connectivity index (χ4n) is 1.89. The Morgan fingerprint density at radius 3 is 3.00 bits per heavy atom. The fourth-order valence-corrected chi connectivity index (χ4v) is 1.89. The maximum absolute atomic E-state index is 11.5. The number of ether oxygens (including phenoxy) is 1. The molecule has 0 amide bonds. The summed E-state index contributed by atoms with van der Waals surface area (Å²) in [5, 5.41) is 3.32. The van der Waals surface area contributed by atoms with E-state index in [9.17, 15) is 4.79 Å². The van der Waals surface area contributed by atoms with Crippen LogP contribution in [-0.2, 0) is 16.0 Å². The molecule has 0 bridgehead atoms. The minimum Gasteiger partial charge on any atom is -0.469 e. The number of esters is 1. The number of carbonyl (C=O) groups excluding carboxylic acids is 1. The number of carbonyl (C=O) groups is 1. The van der Waals surface area contributed by atoms with E-state index in [1.165, 1.54) is 12.8 Å². The molecule has 1 saturated carbocycles. The number of methoxy groups -OCH3 is 1. The Bertz CT molecular complexity index is 342. The van der Waals surface area contributed by atoms with Crippen molar-refractivity contribution in [2.24, 2.45) is 5.41 Å². The van der Waals surface area contributed by atoms with Crippen molar-refractivity contribution in [2.75, 3.05) is 20.2 Å². The molecule has 1 aliphatic rings. The number of aromatic nitrogens is 1. The first-order chi connectivity index (χ1) is 7.77. The van der Waals surface area contributed by atoms with Crippen LogP contribution in [0.1, 0.15) is 18.5 Å². The summed E-state index contributed by atoms with van der Waals surface area (Å²) in [5.41, 5.74) is 1.00. The lowest BCUT2D eigenvalue weighted by atomic mass is 10.1. The molecule has 1 aromatic heterocycles. The summed E-state index contributed by atoms with van der Waals surface area (Å²) in [6, 6.07) is 4.06. The van der Waals surface area contributed by atoms with Gasteiger partial charge in [-0.25, -0.2) is 0 Å². The van der Waals surface area contributed by atoms with Gasteiger partial charge in [0.2, 0.25) is 0 Å². The Morgan fingerprint density at radius 2 is 2.44 bits per heavy atom. The molecular weight excluding hydrogens is 204 g/mol. The van der Waals surface area contributed by atoms with Crippen molar-refractivity contribution < 1.29 is 9.53 Å². The quantitative estimate of drug-likeness (QED) is 0.560. The molecule has 4 heteroatoms. The molecule has 2 N–H and O–H groups in total. The van der Waals surface area contributed by atoms with Gasteiger partial charge in [0.1, 0.15) is 0 Å². The Morgan fingerprint density at radius 1 is 1.62 bits per heavy atom. The van der Waals surface area contributed by atoms with Crippen LogP contribution in [0.15, 0.2) is 18.3 Å². The molecule has 16 heavy (non-hydrogen) atoms. The van der Waals surface area contributed by atoms with E-state index in [0.29, 0.717) is 0 Å². The standard InChI is InChI=1S/C12H18N2O2/c1-16-11(15)12(5-6-12)9-13-8-4-10-3-2-7-14-10/h2-3,7,13-14H,4-6,8-9H2,1H3. The van der Waals surface area contributed by atoms with Gasteiger partial charge >= 0.3 is 5.97 Å². The van der Waals surface area contributed by atoms with E-state index in [1.54, 1.807) is 0 Å². The van der Waals surface area contributed by atoms with Gasteiger partial charge in [0.15, 0.2) is 0 Å². The van der Waals surface area contributed by atoms with Gasteiger partial charge in [-0.2, -0.15) is 0 Å². The number of H-pyrrole nitrogens is 1. The highest BCUT2D eigenvalue weighted by Gasteiger charge is 2.50. The lowest BCUT2D eigenvalue weighted by Crippen LogP contribution is -2.32. The largest absolute Gasteiger partial charge is 0.469 e. The van der Waals surface area contributed by atoms with E-state index in [4.69, 9.17) is 4.74 Å². The lowest BCUT2D eigenvalue weighted by molar-refractivity contribution is -0.146. The van der Waals surface area contributed by atoms with Gasteiger partial charge in [-0.15, -0.1) is 0 Å². The summed E-state index contributed by atoms with van der Waals surface area (Å²) in [6.45, 7) is 1.62. The molecule has 88 valence electrons. The van der Waals surface area contributed by atoms with Crippen LogP contribution in [0, 0.1) is 5.41 Å². The summed E-state index contributed by atoms with van der Waals surface area (Å²) >= 11 is 0. The third-order valence-electron chi connectivity index (χ3n) is 3.17. The van der Waals surface area contributed by atoms with Crippen molar-refractivity contribution in [2.45, 2.75) is 19.3 Å². The van der Waals surface area contributed by atoms with Crippen LogP contribution >= 0.6 is 0 Å². The molecule has 1 aliphatic carbocycles. The maximum Gasteiger partial charge on any atom is 0.313 e. The van der Waals surface area contributed by atoms with E-state index in [0.717, 1.165) is 32.4 Å². The zero-order valence-electron chi connectivity index (χ0n) is 9.58. The van der Waals surface area contributed by atoms with E-state index in [-0.39, 0.29) is 11.4 Å². The summed E-state index contributed by atoms with van der Waals surface area (Å²) in [4.78, 5) is 14.6. The van der Waals surface area contributed by atoms with E-state index in [1.807, 2.05) is 12.3 Å². The second-order valence-corrected chi connectivity index (χ2v) is 4.39. The first kappa shape index (κ1) is 11.2. The molecule has 0 spiro atoms. The van der Waals surface area contributed by atoms with Crippen molar-refractivity contribution in [3.63, 3.8) is 0 Å².